The molecular weight excluding hydrogens is 496 g/mol. The second-order valence-electron chi connectivity index (χ2n) is 7.28. The van der Waals surface area contributed by atoms with E-state index in [-0.39, 0.29) is 5.69 Å². The first-order valence-electron chi connectivity index (χ1n) is 10.0. The molecule has 0 aliphatic heterocycles. The van der Waals surface area contributed by atoms with E-state index in [4.69, 9.17) is 0 Å². The number of thiophene rings is 1. The normalized spacial score (nSPS) is 12.4. The van der Waals surface area contributed by atoms with E-state index in [1.165, 1.54) is 12.1 Å². The van der Waals surface area contributed by atoms with Crippen LogP contribution >= 0.6 is 23.1 Å². The van der Waals surface area contributed by atoms with Crippen LogP contribution < -0.4 is 0 Å². The quantitative estimate of drug-likeness (QED) is 0.199. The fraction of sp³-hybridized carbons (Fsp3) is 0.217. The van der Waals surface area contributed by atoms with Gasteiger partial charge in [0.2, 0.25) is 0 Å². The van der Waals surface area contributed by atoms with Crippen molar-refractivity contribution in [1.29, 1.82) is 0 Å². The second-order valence-corrected chi connectivity index (χ2v) is 9.62. The number of alkyl halides is 6. The first-order valence-corrected chi connectivity index (χ1v) is 11.8. The first kappa shape index (κ1) is 24.3. The molecule has 0 radical (unpaired) electrons. The molecule has 0 unspecified atom stereocenters. The molecule has 4 rings (SSSR count). The molecule has 1 aromatic carbocycles. The SMILES string of the molecule is CCSc1ncc(-c2ccc(-c3cc(C(F)(F)F)nn3-c3ccccc3C(F)(F)F)s2)cc1C. The Labute approximate surface area is 199 Å². The lowest BCUT2D eigenvalue weighted by Gasteiger charge is -2.14. The minimum absolute atomic E-state index is 0.0804. The van der Waals surface area contributed by atoms with Gasteiger partial charge in [-0.05, 0) is 54.6 Å². The van der Waals surface area contributed by atoms with Gasteiger partial charge in [0.05, 0.1) is 26.8 Å². The molecule has 0 saturated heterocycles. The minimum atomic E-state index is -4.82. The van der Waals surface area contributed by atoms with Gasteiger partial charge in [0.15, 0.2) is 5.69 Å². The Bertz CT molecular complexity index is 1320. The van der Waals surface area contributed by atoms with E-state index in [2.05, 4.69) is 10.1 Å². The lowest BCUT2D eigenvalue weighted by Crippen LogP contribution is -2.13. The zero-order valence-electron chi connectivity index (χ0n) is 17.8. The molecule has 0 aliphatic rings. The number of thioether (sulfide) groups is 1. The van der Waals surface area contributed by atoms with Crippen LogP contribution in [0.5, 0.6) is 0 Å². The van der Waals surface area contributed by atoms with Crippen LogP contribution in [0.3, 0.4) is 0 Å². The molecule has 0 spiro atoms. The maximum absolute atomic E-state index is 13.6. The van der Waals surface area contributed by atoms with Crippen molar-refractivity contribution in [2.75, 3.05) is 5.75 Å². The van der Waals surface area contributed by atoms with Gasteiger partial charge in [-0.15, -0.1) is 23.1 Å². The van der Waals surface area contributed by atoms with Crippen molar-refractivity contribution in [2.24, 2.45) is 0 Å². The molecule has 0 aliphatic carbocycles. The van der Waals surface area contributed by atoms with E-state index in [1.807, 2.05) is 19.9 Å². The molecule has 3 nitrogen and oxygen atoms in total. The summed E-state index contributed by atoms with van der Waals surface area (Å²) in [6, 6.07) is 10.4. The highest BCUT2D eigenvalue weighted by atomic mass is 32.2. The van der Waals surface area contributed by atoms with E-state index in [0.717, 1.165) is 56.3 Å². The summed E-state index contributed by atoms with van der Waals surface area (Å²) < 4.78 is 81.9. The maximum Gasteiger partial charge on any atom is 0.435 e. The number of aromatic nitrogens is 3. The molecule has 0 N–H and O–H groups in total. The third kappa shape index (κ3) is 4.85. The highest BCUT2D eigenvalue weighted by Crippen LogP contribution is 2.41. The molecule has 0 amide bonds. The zero-order chi connectivity index (χ0) is 24.7. The Morgan fingerprint density at radius 2 is 1.65 bits per heavy atom. The standard InChI is InChI=1S/C23H17F6N3S2/c1-3-33-21-13(2)10-14(12-30-21)18-8-9-19(34-18)17-11-20(23(27,28)29)31-32(17)16-7-5-4-6-15(16)22(24,25)26/h4-12H,3H2,1-2H3. The molecule has 0 bridgehead atoms. The molecule has 34 heavy (non-hydrogen) atoms. The number of hydrogen-bond acceptors (Lipinski definition) is 4. The number of para-hydroxylation sites is 1. The summed E-state index contributed by atoms with van der Waals surface area (Å²) in [5, 5.41) is 4.40. The monoisotopic (exact) mass is 513 g/mol. The van der Waals surface area contributed by atoms with Crippen LogP contribution in [0.15, 0.2) is 59.8 Å². The van der Waals surface area contributed by atoms with Gasteiger partial charge in [0, 0.05) is 16.6 Å². The third-order valence-electron chi connectivity index (χ3n) is 4.89. The smallest absolute Gasteiger partial charge is 0.249 e. The lowest BCUT2D eigenvalue weighted by atomic mass is 10.1. The largest absolute Gasteiger partial charge is 0.435 e. The van der Waals surface area contributed by atoms with Crippen molar-refractivity contribution >= 4 is 23.1 Å². The Morgan fingerprint density at radius 3 is 2.29 bits per heavy atom. The maximum atomic E-state index is 13.6. The molecule has 3 aromatic heterocycles. The van der Waals surface area contributed by atoms with Crippen LogP contribution in [0.25, 0.3) is 26.7 Å². The molecule has 4 aromatic rings. The Morgan fingerprint density at radius 1 is 0.941 bits per heavy atom. The fourth-order valence-corrected chi connectivity index (χ4v) is 5.07. The van der Waals surface area contributed by atoms with Gasteiger partial charge in [-0.2, -0.15) is 31.4 Å². The molecule has 0 saturated carbocycles. The summed E-state index contributed by atoms with van der Waals surface area (Å²) in [6.45, 7) is 3.93. The predicted octanol–water partition coefficient (Wildman–Crippen LogP) is 8.12. The molecule has 178 valence electrons. The summed E-state index contributed by atoms with van der Waals surface area (Å²) in [6.07, 6.45) is -7.90. The van der Waals surface area contributed by atoms with Crippen molar-refractivity contribution in [3.63, 3.8) is 0 Å². The second kappa shape index (κ2) is 9.10. The molecule has 3 heterocycles. The van der Waals surface area contributed by atoms with Gasteiger partial charge >= 0.3 is 12.4 Å². The summed E-state index contributed by atoms with van der Waals surface area (Å²) >= 11 is 2.75. The van der Waals surface area contributed by atoms with Crippen LogP contribution in [0.4, 0.5) is 26.3 Å². The van der Waals surface area contributed by atoms with Crippen molar-refractivity contribution in [3.05, 3.63) is 71.5 Å². The lowest BCUT2D eigenvalue weighted by molar-refractivity contribution is -0.141. The molecular formula is C23H17F6N3S2. The van der Waals surface area contributed by atoms with Crippen molar-refractivity contribution in [2.45, 2.75) is 31.2 Å². The van der Waals surface area contributed by atoms with Crippen molar-refractivity contribution in [1.82, 2.24) is 14.8 Å². The van der Waals surface area contributed by atoms with Gasteiger partial charge in [-0.3, -0.25) is 0 Å². The average molecular weight is 514 g/mol. The minimum Gasteiger partial charge on any atom is -0.249 e. The Kier molecular flexibility index (Phi) is 6.52. The van der Waals surface area contributed by atoms with Gasteiger partial charge in [0.25, 0.3) is 0 Å². The molecule has 11 heteroatoms. The fourth-order valence-electron chi connectivity index (χ4n) is 3.39. The van der Waals surface area contributed by atoms with E-state index in [0.29, 0.717) is 9.56 Å². The summed E-state index contributed by atoms with van der Waals surface area (Å²) in [7, 11) is 0. The number of rotatable bonds is 5. The first-order chi connectivity index (χ1) is 16.0. The van der Waals surface area contributed by atoms with Gasteiger partial charge in [-0.25, -0.2) is 9.67 Å². The predicted molar refractivity (Wildman–Crippen MR) is 121 cm³/mol. The van der Waals surface area contributed by atoms with Crippen LogP contribution in [0.2, 0.25) is 0 Å². The Balaban J connectivity index is 1.84. The van der Waals surface area contributed by atoms with E-state index in [1.54, 1.807) is 30.1 Å². The molecule has 0 atom stereocenters. The van der Waals surface area contributed by atoms with Crippen LogP contribution in [0, 0.1) is 6.92 Å². The highest BCUT2D eigenvalue weighted by Gasteiger charge is 2.38. The van der Waals surface area contributed by atoms with Crippen LogP contribution in [0.1, 0.15) is 23.7 Å². The van der Waals surface area contributed by atoms with Gasteiger partial charge < -0.3 is 0 Å². The number of pyridine rings is 1. The number of aryl methyl sites for hydroxylation is 1. The van der Waals surface area contributed by atoms with Gasteiger partial charge in [0.1, 0.15) is 0 Å². The third-order valence-corrected chi connectivity index (χ3v) is 7.04. The number of nitrogens with zero attached hydrogens (tertiary/aromatic N) is 3. The summed E-state index contributed by atoms with van der Waals surface area (Å²) in [4.78, 5) is 5.52. The Hall–Kier alpha value is -2.79. The van der Waals surface area contributed by atoms with Crippen LogP contribution in [-0.4, -0.2) is 20.5 Å². The summed E-state index contributed by atoms with van der Waals surface area (Å²) in [5.41, 5.74) is -1.17. The van der Waals surface area contributed by atoms with Crippen LogP contribution in [-0.2, 0) is 12.4 Å². The molecule has 0 fully saturated rings. The van der Waals surface area contributed by atoms with Crippen molar-refractivity contribution < 1.29 is 26.3 Å². The number of hydrogen-bond donors (Lipinski definition) is 0. The highest BCUT2D eigenvalue weighted by molar-refractivity contribution is 7.99. The van der Waals surface area contributed by atoms with E-state index < -0.39 is 29.3 Å². The topological polar surface area (TPSA) is 30.7 Å². The average Bonchev–Trinajstić information content (AvgIpc) is 3.42. The zero-order valence-corrected chi connectivity index (χ0v) is 19.5. The number of halogens is 6. The van der Waals surface area contributed by atoms with E-state index in [9.17, 15) is 26.3 Å². The van der Waals surface area contributed by atoms with Crippen molar-refractivity contribution in [3.8, 4) is 26.7 Å². The van der Waals surface area contributed by atoms with E-state index >= 15 is 0 Å². The van der Waals surface area contributed by atoms with Gasteiger partial charge in [-0.1, -0.05) is 19.1 Å². The number of benzene rings is 1. The summed E-state index contributed by atoms with van der Waals surface area (Å²) in [5.74, 6) is 0.862.